The first-order valence-electron chi connectivity index (χ1n) is 8.26. The minimum Gasteiger partial charge on any atom is -0.322 e. The molecule has 2 aromatic heterocycles. The Balaban J connectivity index is 1.68. The third-order valence-electron chi connectivity index (χ3n) is 3.77. The summed E-state index contributed by atoms with van der Waals surface area (Å²) in [6, 6.07) is 14.2. The van der Waals surface area contributed by atoms with Crippen LogP contribution < -0.4 is 10.7 Å². The van der Waals surface area contributed by atoms with Crippen molar-refractivity contribution in [3.05, 3.63) is 81.8 Å². The van der Waals surface area contributed by atoms with Crippen molar-refractivity contribution in [3.63, 3.8) is 0 Å². The number of carbonyl (C=O) groups excluding carboxylic acids is 2. The molecule has 1 aromatic carbocycles. The lowest BCUT2D eigenvalue weighted by Gasteiger charge is -2.07. The van der Waals surface area contributed by atoms with Crippen LogP contribution in [0.2, 0.25) is 0 Å². The molecule has 0 spiro atoms. The van der Waals surface area contributed by atoms with Crippen molar-refractivity contribution in [2.24, 2.45) is 5.10 Å². The monoisotopic (exact) mass is 378 g/mol. The van der Waals surface area contributed by atoms with Crippen molar-refractivity contribution < 1.29 is 9.59 Å². The van der Waals surface area contributed by atoms with Gasteiger partial charge in [0.25, 0.3) is 11.8 Å². The van der Waals surface area contributed by atoms with Crippen LogP contribution in [0.3, 0.4) is 0 Å². The number of thiophene rings is 1. The summed E-state index contributed by atoms with van der Waals surface area (Å²) in [5, 5.41) is 7.00. The molecule has 2 N–H and O–H groups in total. The summed E-state index contributed by atoms with van der Waals surface area (Å²) >= 11 is 1.42. The van der Waals surface area contributed by atoms with Crippen molar-refractivity contribution in [2.45, 2.75) is 13.8 Å². The number of hydrazone groups is 1. The SMILES string of the molecule is CC(=NNC(=O)c1ccc(C)s1)c1cccc(NC(=O)c2ccncc2)c1. The Morgan fingerprint density at radius 2 is 1.78 bits per heavy atom. The molecule has 136 valence electrons. The van der Waals surface area contributed by atoms with Gasteiger partial charge in [-0.1, -0.05) is 12.1 Å². The average molecular weight is 378 g/mol. The molecule has 0 unspecified atom stereocenters. The Morgan fingerprint density at radius 1 is 1.00 bits per heavy atom. The van der Waals surface area contributed by atoms with Crippen molar-refractivity contribution in [3.8, 4) is 0 Å². The first-order valence-corrected chi connectivity index (χ1v) is 9.07. The fourth-order valence-corrected chi connectivity index (χ4v) is 3.10. The fourth-order valence-electron chi connectivity index (χ4n) is 2.34. The van der Waals surface area contributed by atoms with Gasteiger partial charge in [0.05, 0.1) is 10.6 Å². The van der Waals surface area contributed by atoms with Crippen molar-refractivity contribution in [1.82, 2.24) is 10.4 Å². The van der Waals surface area contributed by atoms with Crippen LogP contribution >= 0.6 is 11.3 Å². The molecule has 2 heterocycles. The molecular formula is C20H18N4O2S. The minimum absolute atomic E-state index is 0.217. The van der Waals surface area contributed by atoms with Gasteiger partial charge in [-0.25, -0.2) is 5.43 Å². The summed E-state index contributed by atoms with van der Waals surface area (Å²) in [5.74, 6) is -0.458. The van der Waals surface area contributed by atoms with Gasteiger partial charge in [-0.3, -0.25) is 14.6 Å². The smallest absolute Gasteiger partial charge is 0.281 e. The summed E-state index contributed by atoms with van der Waals surface area (Å²) in [6.45, 7) is 3.74. The van der Waals surface area contributed by atoms with Gasteiger partial charge < -0.3 is 5.32 Å². The zero-order chi connectivity index (χ0) is 19.2. The third kappa shape index (κ3) is 4.86. The largest absolute Gasteiger partial charge is 0.322 e. The molecule has 0 saturated heterocycles. The van der Waals surface area contributed by atoms with Crippen molar-refractivity contribution >= 4 is 34.6 Å². The van der Waals surface area contributed by atoms with Gasteiger partial charge in [0.1, 0.15) is 0 Å². The standard InChI is InChI=1S/C20H18N4O2S/c1-13-6-7-18(27-13)20(26)24-23-14(2)16-4-3-5-17(12-16)22-19(25)15-8-10-21-11-9-15/h3-12H,1-2H3,(H,22,25)(H,24,26). The quantitative estimate of drug-likeness (QED) is 0.522. The Bertz CT molecular complexity index is 996. The molecule has 2 amide bonds. The highest BCUT2D eigenvalue weighted by atomic mass is 32.1. The zero-order valence-corrected chi connectivity index (χ0v) is 15.7. The summed E-state index contributed by atoms with van der Waals surface area (Å²) in [7, 11) is 0. The number of benzene rings is 1. The van der Waals surface area contributed by atoms with E-state index in [-0.39, 0.29) is 11.8 Å². The second-order valence-electron chi connectivity index (χ2n) is 5.82. The molecule has 0 aliphatic heterocycles. The second-order valence-corrected chi connectivity index (χ2v) is 7.11. The van der Waals surface area contributed by atoms with E-state index in [9.17, 15) is 9.59 Å². The van der Waals surface area contributed by atoms with Gasteiger partial charge in [-0.15, -0.1) is 11.3 Å². The lowest BCUT2D eigenvalue weighted by atomic mass is 10.1. The summed E-state index contributed by atoms with van der Waals surface area (Å²) < 4.78 is 0. The highest BCUT2D eigenvalue weighted by Crippen LogP contribution is 2.15. The van der Waals surface area contributed by atoms with Crippen LogP contribution in [0.1, 0.15) is 37.4 Å². The van der Waals surface area contributed by atoms with E-state index in [1.165, 1.54) is 11.3 Å². The van der Waals surface area contributed by atoms with Gasteiger partial charge in [-0.05, 0) is 55.8 Å². The number of nitrogens with zero attached hydrogens (tertiary/aromatic N) is 2. The number of amides is 2. The van der Waals surface area contributed by atoms with E-state index in [0.717, 1.165) is 10.4 Å². The number of carbonyl (C=O) groups is 2. The second kappa shape index (κ2) is 8.37. The Hall–Kier alpha value is -3.32. The van der Waals surface area contributed by atoms with Gasteiger partial charge in [-0.2, -0.15) is 5.10 Å². The number of pyridine rings is 1. The van der Waals surface area contributed by atoms with Crippen molar-refractivity contribution in [2.75, 3.05) is 5.32 Å². The number of nitrogens with one attached hydrogen (secondary N) is 2. The molecule has 3 rings (SSSR count). The first kappa shape index (κ1) is 18.5. The first-order chi connectivity index (χ1) is 13.0. The average Bonchev–Trinajstić information content (AvgIpc) is 3.13. The lowest BCUT2D eigenvalue weighted by molar-refractivity contribution is 0.0958. The Labute approximate surface area is 161 Å². The number of aryl methyl sites for hydroxylation is 1. The van der Waals surface area contributed by atoms with E-state index in [1.54, 1.807) is 49.6 Å². The van der Waals surface area contributed by atoms with E-state index in [2.05, 4.69) is 20.8 Å². The fraction of sp³-hybridized carbons (Fsp3) is 0.100. The number of hydrogen-bond acceptors (Lipinski definition) is 5. The van der Waals surface area contributed by atoms with E-state index in [1.807, 2.05) is 25.1 Å². The van der Waals surface area contributed by atoms with E-state index < -0.39 is 0 Å². The Morgan fingerprint density at radius 3 is 2.48 bits per heavy atom. The van der Waals surface area contributed by atoms with Crippen LogP contribution in [0.25, 0.3) is 0 Å². The normalized spacial score (nSPS) is 11.1. The number of hydrogen-bond donors (Lipinski definition) is 2. The molecular weight excluding hydrogens is 360 g/mol. The van der Waals surface area contributed by atoms with Crippen LogP contribution in [0, 0.1) is 6.92 Å². The Kier molecular flexibility index (Phi) is 5.73. The number of aromatic nitrogens is 1. The van der Waals surface area contributed by atoms with Crippen LogP contribution in [0.4, 0.5) is 5.69 Å². The molecule has 0 atom stereocenters. The third-order valence-corrected chi connectivity index (χ3v) is 4.77. The van der Waals surface area contributed by atoms with E-state index >= 15 is 0 Å². The molecule has 7 heteroatoms. The maximum atomic E-state index is 12.2. The summed E-state index contributed by atoms with van der Waals surface area (Å²) in [6.07, 6.45) is 3.14. The number of anilines is 1. The van der Waals surface area contributed by atoms with Gasteiger partial charge in [0.15, 0.2) is 0 Å². The molecule has 0 fully saturated rings. The summed E-state index contributed by atoms with van der Waals surface area (Å²) in [5.41, 5.74) is 5.16. The summed E-state index contributed by atoms with van der Waals surface area (Å²) in [4.78, 5) is 29.9. The predicted octanol–water partition coefficient (Wildman–Crippen LogP) is 3.86. The molecule has 27 heavy (non-hydrogen) atoms. The lowest BCUT2D eigenvalue weighted by Crippen LogP contribution is -2.18. The van der Waals surface area contributed by atoms with Crippen LogP contribution in [0.15, 0.2) is 66.0 Å². The molecule has 0 saturated carbocycles. The molecule has 6 nitrogen and oxygen atoms in total. The topological polar surface area (TPSA) is 83.5 Å². The van der Waals surface area contributed by atoms with E-state index in [0.29, 0.717) is 21.8 Å². The zero-order valence-electron chi connectivity index (χ0n) is 14.9. The van der Waals surface area contributed by atoms with Crippen LogP contribution in [0.5, 0.6) is 0 Å². The molecule has 0 bridgehead atoms. The number of rotatable bonds is 5. The van der Waals surface area contributed by atoms with Gasteiger partial charge in [0.2, 0.25) is 0 Å². The van der Waals surface area contributed by atoms with Crippen molar-refractivity contribution in [1.29, 1.82) is 0 Å². The molecule has 3 aromatic rings. The molecule has 0 radical (unpaired) electrons. The minimum atomic E-state index is -0.241. The molecule has 0 aliphatic rings. The highest BCUT2D eigenvalue weighted by Gasteiger charge is 2.09. The maximum absolute atomic E-state index is 12.2. The van der Waals surface area contributed by atoms with Crippen LogP contribution in [-0.4, -0.2) is 22.5 Å². The highest BCUT2D eigenvalue weighted by molar-refractivity contribution is 7.13. The van der Waals surface area contributed by atoms with E-state index in [4.69, 9.17) is 0 Å². The van der Waals surface area contributed by atoms with Gasteiger partial charge in [0, 0.05) is 28.5 Å². The van der Waals surface area contributed by atoms with Crippen LogP contribution in [-0.2, 0) is 0 Å². The van der Waals surface area contributed by atoms with Gasteiger partial charge >= 0.3 is 0 Å². The predicted molar refractivity (Wildman–Crippen MR) is 107 cm³/mol. The maximum Gasteiger partial charge on any atom is 0.281 e. The molecule has 0 aliphatic carbocycles.